The first-order chi connectivity index (χ1) is 9.22. The summed E-state index contributed by atoms with van der Waals surface area (Å²) in [6.45, 7) is 9.45. The fourth-order valence-electron chi connectivity index (χ4n) is 2.95. The molecular weight excluding hydrogens is 236 g/mol. The Morgan fingerprint density at radius 3 is 2.63 bits per heavy atom. The van der Waals surface area contributed by atoms with Gasteiger partial charge < -0.3 is 10.2 Å². The molecule has 0 aliphatic carbocycles. The zero-order chi connectivity index (χ0) is 14.1. The molecule has 0 aromatic heterocycles. The minimum absolute atomic E-state index is 0.243. The Bertz CT molecular complexity index is 249. The average molecular weight is 268 g/mol. The van der Waals surface area contributed by atoms with E-state index in [1.54, 1.807) is 0 Å². The maximum atomic E-state index is 12.7. The Hall–Kier alpha value is -0.570. The highest BCUT2D eigenvalue weighted by molar-refractivity contribution is 5.78. The van der Waals surface area contributed by atoms with Crippen LogP contribution in [0, 0.1) is 5.92 Å². The van der Waals surface area contributed by atoms with Crippen LogP contribution < -0.4 is 5.32 Å². The topological polar surface area (TPSA) is 32.3 Å². The first-order valence-electron chi connectivity index (χ1n) is 8.25. The summed E-state index contributed by atoms with van der Waals surface area (Å²) in [6.07, 6.45) is 7.93. The van der Waals surface area contributed by atoms with Crippen molar-refractivity contribution >= 4 is 5.91 Å². The summed E-state index contributed by atoms with van der Waals surface area (Å²) in [6, 6.07) is 0.527. The van der Waals surface area contributed by atoms with Gasteiger partial charge in [0.15, 0.2) is 0 Å². The number of amides is 1. The lowest BCUT2D eigenvalue weighted by Crippen LogP contribution is -2.44. The number of unbranched alkanes of at least 4 members (excludes halogenated alkanes) is 1. The molecular formula is C16H32N2O. The quantitative estimate of drug-likeness (QED) is 0.696. The summed E-state index contributed by atoms with van der Waals surface area (Å²) < 4.78 is 0. The molecule has 112 valence electrons. The zero-order valence-corrected chi connectivity index (χ0v) is 13.1. The van der Waals surface area contributed by atoms with E-state index in [1.807, 2.05) is 0 Å². The van der Waals surface area contributed by atoms with E-state index >= 15 is 0 Å². The predicted octanol–water partition coefficient (Wildman–Crippen LogP) is 3.19. The first-order valence-corrected chi connectivity index (χ1v) is 8.25. The van der Waals surface area contributed by atoms with Crippen LogP contribution in [0.2, 0.25) is 0 Å². The van der Waals surface area contributed by atoms with E-state index in [4.69, 9.17) is 0 Å². The summed E-state index contributed by atoms with van der Waals surface area (Å²) >= 11 is 0. The maximum Gasteiger partial charge on any atom is 0.225 e. The van der Waals surface area contributed by atoms with Gasteiger partial charge in [-0.3, -0.25) is 4.79 Å². The number of rotatable bonds is 9. The Morgan fingerprint density at radius 2 is 2.11 bits per heavy atom. The zero-order valence-electron chi connectivity index (χ0n) is 13.1. The number of nitrogens with zero attached hydrogens (tertiary/aromatic N) is 1. The number of hydrogen-bond donors (Lipinski definition) is 1. The lowest BCUT2D eigenvalue weighted by Gasteiger charge is -2.29. The van der Waals surface area contributed by atoms with Crippen LogP contribution in [-0.2, 0) is 4.79 Å². The second-order valence-corrected chi connectivity index (χ2v) is 5.82. The fourth-order valence-corrected chi connectivity index (χ4v) is 2.95. The predicted molar refractivity (Wildman–Crippen MR) is 81.2 cm³/mol. The van der Waals surface area contributed by atoms with Gasteiger partial charge in [0.1, 0.15) is 0 Å². The van der Waals surface area contributed by atoms with Crippen LogP contribution in [0.4, 0.5) is 0 Å². The Balaban J connectivity index is 2.53. The molecule has 1 saturated heterocycles. The standard InChI is InChI=1S/C16H32N2O/c1-4-7-9-14(6-3)16(19)18(12-5-2)13-15-10-8-11-17-15/h14-15,17H,4-13H2,1-3H3. The van der Waals surface area contributed by atoms with E-state index in [1.165, 1.54) is 25.7 Å². The third-order valence-electron chi connectivity index (χ3n) is 4.16. The van der Waals surface area contributed by atoms with E-state index < -0.39 is 0 Å². The van der Waals surface area contributed by atoms with E-state index in [9.17, 15) is 4.79 Å². The Kier molecular flexibility index (Phi) is 8.11. The van der Waals surface area contributed by atoms with E-state index in [-0.39, 0.29) is 5.92 Å². The lowest BCUT2D eigenvalue weighted by atomic mass is 9.97. The highest BCUT2D eigenvalue weighted by Crippen LogP contribution is 2.17. The molecule has 1 N–H and O–H groups in total. The van der Waals surface area contributed by atoms with E-state index in [2.05, 4.69) is 31.0 Å². The molecule has 0 bridgehead atoms. The Labute approximate surface area is 119 Å². The van der Waals surface area contributed by atoms with Gasteiger partial charge in [-0.1, -0.05) is 33.6 Å². The van der Waals surface area contributed by atoms with Gasteiger partial charge in [0, 0.05) is 25.0 Å². The van der Waals surface area contributed by atoms with Crippen LogP contribution in [0.1, 0.15) is 65.7 Å². The van der Waals surface area contributed by atoms with Crippen LogP contribution in [-0.4, -0.2) is 36.5 Å². The summed E-state index contributed by atoms with van der Waals surface area (Å²) in [7, 11) is 0. The molecule has 1 heterocycles. The molecule has 1 aliphatic heterocycles. The van der Waals surface area contributed by atoms with Crippen LogP contribution in [0.5, 0.6) is 0 Å². The second kappa shape index (κ2) is 9.35. The largest absolute Gasteiger partial charge is 0.341 e. The SMILES string of the molecule is CCCCC(CC)C(=O)N(CCC)CC1CCCN1. The molecule has 0 saturated carbocycles. The molecule has 1 aliphatic rings. The van der Waals surface area contributed by atoms with Crippen molar-refractivity contribution < 1.29 is 4.79 Å². The van der Waals surface area contributed by atoms with Gasteiger partial charge in [0.05, 0.1) is 0 Å². The number of nitrogens with one attached hydrogen (secondary N) is 1. The van der Waals surface area contributed by atoms with Gasteiger partial charge in [-0.05, 0) is 38.6 Å². The third kappa shape index (κ3) is 5.52. The fraction of sp³-hybridized carbons (Fsp3) is 0.938. The molecule has 0 aromatic carbocycles. The highest BCUT2D eigenvalue weighted by atomic mass is 16.2. The molecule has 3 heteroatoms. The molecule has 0 aromatic rings. The lowest BCUT2D eigenvalue weighted by molar-refractivity contribution is -0.136. The minimum atomic E-state index is 0.243. The number of hydrogen-bond acceptors (Lipinski definition) is 2. The Morgan fingerprint density at radius 1 is 1.32 bits per heavy atom. The minimum Gasteiger partial charge on any atom is -0.341 e. The molecule has 1 amide bonds. The highest BCUT2D eigenvalue weighted by Gasteiger charge is 2.25. The van der Waals surface area contributed by atoms with Gasteiger partial charge in [-0.2, -0.15) is 0 Å². The molecule has 2 unspecified atom stereocenters. The molecule has 0 spiro atoms. The van der Waals surface area contributed by atoms with Crippen molar-refractivity contribution in [1.82, 2.24) is 10.2 Å². The first kappa shape index (κ1) is 16.5. The van der Waals surface area contributed by atoms with Crippen LogP contribution in [0.25, 0.3) is 0 Å². The monoisotopic (exact) mass is 268 g/mol. The van der Waals surface area contributed by atoms with Crippen LogP contribution in [0.15, 0.2) is 0 Å². The molecule has 1 rings (SSSR count). The molecule has 2 atom stereocenters. The van der Waals surface area contributed by atoms with Crippen molar-refractivity contribution in [3.05, 3.63) is 0 Å². The smallest absolute Gasteiger partial charge is 0.225 e. The summed E-state index contributed by atoms with van der Waals surface area (Å²) in [5, 5.41) is 3.51. The summed E-state index contributed by atoms with van der Waals surface area (Å²) in [5.41, 5.74) is 0. The molecule has 3 nitrogen and oxygen atoms in total. The summed E-state index contributed by atoms with van der Waals surface area (Å²) in [5.74, 6) is 0.638. The maximum absolute atomic E-state index is 12.7. The number of carbonyl (C=O) groups excluding carboxylic acids is 1. The van der Waals surface area contributed by atoms with Crippen molar-refractivity contribution in [2.75, 3.05) is 19.6 Å². The van der Waals surface area contributed by atoms with Crippen molar-refractivity contribution in [3.63, 3.8) is 0 Å². The van der Waals surface area contributed by atoms with Gasteiger partial charge in [0.2, 0.25) is 5.91 Å². The van der Waals surface area contributed by atoms with Crippen molar-refractivity contribution in [2.45, 2.75) is 71.8 Å². The van der Waals surface area contributed by atoms with Gasteiger partial charge in [-0.25, -0.2) is 0 Å². The molecule has 0 radical (unpaired) electrons. The summed E-state index contributed by atoms with van der Waals surface area (Å²) in [4.78, 5) is 14.8. The third-order valence-corrected chi connectivity index (χ3v) is 4.16. The molecule has 1 fully saturated rings. The normalized spacial score (nSPS) is 20.5. The van der Waals surface area contributed by atoms with Crippen LogP contribution >= 0.6 is 0 Å². The average Bonchev–Trinajstić information content (AvgIpc) is 2.92. The molecule has 19 heavy (non-hydrogen) atoms. The van der Waals surface area contributed by atoms with Gasteiger partial charge in [0.25, 0.3) is 0 Å². The van der Waals surface area contributed by atoms with Crippen molar-refractivity contribution in [1.29, 1.82) is 0 Å². The van der Waals surface area contributed by atoms with Crippen molar-refractivity contribution in [2.24, 2.45) is 5.92 Å². The van der Waals surface area contributed by atoms with Gasteiger partial charge in [-0.15, -0.1) is 0 Å². The number of carbonyl (C=O) groups is 1. The van der Waals surface area contributed by atoms with Crippen LogP contribution in [0.3, 0.4) is 0 Å². The van der Waals surface area contributed by atoms with E-state index in [0.717, 1.165) is 38.9 Å². The van der Waals surface area contributed by atoms with Crippen molar-refractivity contribution in [3.8, 4) is 0 Å². The second-order valence-electron chi connectivity index (χ2n) is 5.82. The van der Waals surface area contributed by atoms with Gasteiger partial charge >= 0.3 is 0 Å². The van der Waals surface area contributed by atoms with E-state index in [0.29, 0.717) is 11.9 Å².